The van der Waals surface area contributed by atoms with E-state index in [1.54, 1.807) is 0 Å². The Balaban J connectivity index is 2.67. The van der Waals surface area contributed by atoms with Crippen molar-refractivity contribution in [2.75, 3.05) is 0 Å². The van der Waals surface area contributed by atoms with Crippen LogP contribution in [-0.2, 0) is 0 Å². The molecule has 0 saturated heterocycles. The van der Waals surface area contributed by atoms with E-state index in [1.807, 2.05) is 18.2 Å². The molecule has 0 aliphatic carbocycles. The van der Waals surface area contributed by atoms with Crippen LogP contribution in [0.5, 0.6) is 0 Å². The van der Waals surface area contributed by atoms with Gasteiger partial charge in [-0.3, -0.25) is 0 Å². The lowest BCUT2D eigenvalue weighted by Gasteiger charge is -1.86. The number of H-pyrrole nitrogens is 1. The molecule has 0 spiro atoms. The Bertz CT molecular complexity index is 410. The molecule has 1 N–H and O–H groups in total. The average molecular weight is 198 g/mol. The Labute approximate surface area is 79.3 Å². The fraction of sp³-hybridized carbons (Fsp3) is 0. The molecule has 2 rings (SSSR count). The highest BCUT2D eigenvalue weighted by molar-refractivity contribution is 8.00. The third kappa shape index (κ3) is 1.30. The largest absolute Gasteiger partial charge is 0.333 e. The molecule has 12 heavy (non-hydrogen) atoms. The maximum Gasteiger partial charge on any atom is 0.166 e. The number of rotatable bonds is 1. The van der Waals surface area contributed by atoms with Gasteiger partial charge in [0.15, 0.2) is 5.16 Å². The molecule has 2 nitrogen and oxygen atoms in total. The molecular formula is C8H6ClN2S. The summed E-state index contributed by atoms with van der Waals surface area (Å²) in [5.74, 6) is 0. The number of fused-ring (bicyclic) bond motifs is 1. The number of aromatic amines is 1. The standard InChI is InChI=1S/C8H6ClN2S/c1-12-8-10-6-3-2-5(9)4-7(6)11-8/h2-4H,1H2,(H,10,11). The van der Waals surface area contributed by atoms with E-state index in [1.165, 1.54) is 11.8 Å². The van der Waals surface area contributed by atoms with Crippen molar-refractivity contribution in [1.82, 2.24) is 9.97 Å². The molecule has 0 unspecified atom stereocenters. The second kappa shape index (κ2) is 2.99. The first kappa shape index (κ1) is 7.95. The number of halogens is 1. The summed E-state index contributed by atoms with van der Waals surface area (Å²) < 4.78 is 0. The summed E-state index contributed by atoms with van der Waals surface area (Å²) in [6, 6.07) is 5.57. The van der Waals surface area contributed by atoms with Crippen LogP contribution in [0.2, 0.25) is 5.02 Å². The van der Waals surface area contributed by atoms with Crippen molar-refractivity contribution in [3.8, 4) is 0 Å². The van der Waals surface area contributed by atoms with E-state index in [4.69, 9.17) is 11.6 Å². The first-order valence-electron chi connectivity index (χ1n) is 3.37. The first-order valence-corrected chi connectivity index (χ1v) is 4.73. The minimum atomic E-state index is 0.703. The van der Waals surface area contributed by atoms with Gasteiger partial charge in [0.05, 0.1) is 11.0 Å². The van der Waals surface area contributed by atoms with Crippen LogP contribution in [0.25, 0.3) is 11.0 Å². The molecular weight excluding hydrogens is 192 g/mol. The molecule has 0 saturated carbocycles. The topological polar surface area (TPSA) is 28.7 Å². The van der Waals surface area contributed by atoms with Gasteiger partial charge in [-0.25, -0.2) is 4.98 Å². The van der Waals surface area contributed by atoms with Crippen molar-refractivity contribution in [2.24, 2.45) is 0 Å². The molecule has 4 heteroatoms. The van der Waals surface area contributed by atoms with Gasteiger partial charge in [0.25, 0.3) is 0 Å². The van der Waals surface area contributed by atoms with Crippen LogP contribution in [0.3, 0.4) is 0 Å². The van der Waals surface area contributed by atoms with Gasteiger partial charge in [0, 0.05) is 11.3 Å². The third-order valence-corrected chi connectivity index (χ3v) is 2.26. The number of aromatic nitrogens is 2. The van der Waals surface area contributed by atoms with Crippen LogP contribution in [0.15, 0.2) is 23.4 Å². The zero-order valence-corrected chi connectivity index (χ0v) is 7.75. The zero-order chi connectivity index (χ0) is 8.55. The van der Waals surface area contributed by atoms with Crippen LogP contribution in [-0.4, -0.2) is 9.97 Å². The quantitative estimate of drug-likeness (QED) is 0.712. The number of imidazole rings is 1. The number of nitrogens with zero attached hydrogens (tertiary/aromatic N) is 1. The first-order chi connectivity index (χ1) is 5.79. The number of thioether (sulfide) groups is 1. The molecule has 1 heterocycles. The summed E-state index contributed by atoms with van der Waals surface area (Å²) in [7, 11) is 0. The van der Waals surface area contributed by atoms with Gasteiger partial charge in [0.1, 0.15) is 0 Å². The predicted octanol–water partition coefficient (Wildman–Crippen LogP) is 3.10. The van der Waals surface area contributed by atoms with Gasteiger partial charge in [-0.15, -0.1) is 0 Å². The smallest absolute Gasteiger partial charge is 0.166 e. The van der Waals surface area contributed by atoms with E-state index < -0.39 is 0 Å². The lowest BCUT2D eigenvalue weighted by molar-refractivity contribution is 1.09. The number of hydrogen-bond donors (Lipinski definition) is 1. The summed E-state index contributed by atoms with van der Waals surface area (Å²) in [4.78, 5) is 7.36. The average Bonchev–Trinajstić information content (AvgIpc) is 2.46. The van der Waals surface area contributed by atoms with Gasteiger partial charge in [-0.05, 0) is 18.2 Å². The van der Waals surface area contributed by atoms with E-state index in [9.17, 15) is 0 Å². The molecule has 1 aromatic carbocycles. The molecule has 0 atom stereocenters. The highest BCUT2D eigenvalue weighted by Gasteiger charge is 2.00. The number of hydrogen-bond acceptors (Lipinski definition) is 2. The second-order valence-corrected chi connectivity index (χ2v) is 3.46. The Morgan fingerprint density at radius 2 is 2.33 bits per heavy atom. The minimum Gasteiger partial charge on any atom is -0.333 e. The van der Waals surface area contributed by atoms with Gasteiger partial charge in [0.2, 0.25) is 0 Å². The molecule has 1 radical (unpaired) electrons. The Morgan fingerprint density at radius 3 is 3.08 bits per heavy atom. The molecule has 0 bridgehead atoms. The summed E-state index contributed by atoms with van der Waals surface area (Å²) in [6.45, 7) is 0. The fourth-order valence-electron chi connectivity index (χ4n) is 1.02. The summed E-state index contributed by atoms with van der Waals surface area (Å²) in [5, 5.41) is 1.52. The van der Waals surface area contributed by atoms with E-state index in [2.05, 4.69) is 16.2 Å². The lowest BCUT2D eigenvalue weighted by Crippen LogP contribution is -1.67. The van der Waals surface area contributed by atoms with E-state index in [-0.39, 0.29) is 0 Å². The van der Waals surface area contributed by atoms with Crippen molar-refractivity contribution in [3.63, 3.8) is 0 Å². The Hall–Kier alpha value is -0.670. The molecule has 61 valence electrons. The van der Waals surface area contributed by atoms with E-state index in [0.29, 0.717) is 5.02 Å². The van der Waals surface area contributed by atoms with Crippen molar-refractivity contribution in [1.29, 1.82) is 0 Å². The molecule has 0 fully saturated rings. The van der Waals surface area contributed by atoms with Crippen molar-refractivity contribution >= 4 is 34.4 Å². The van der Waals surface area contributed by atoms with Gasteiger partial charge < -0.3 is 4.98 Å². The Kier molecular flexibility index (Phi) is 1.98. The van der Waals surface area contributed by atoms with Crippen LogP contribution in [0, 0.1) is 6.26 Å². The van der Waals surface area contributed by atoms with Crippen LogP contribution < -0.4 is 0 Å². The van der Waals surface area contributed by atoms with Crippen LogP contribution in [0.1, 0.15) is 0 Å². The van der Waals surface area contributed by atoms with Gasteiger partial charge in [-0.1, -0.05) is 23.4 Å². The summed E-state index contributed by atoms with van der Waals surface area (Å²) >= 11 is 7.14. The lowest BCUT2D eigenvalue weighted by atomic mass is 10.3. The summed E-state index contributed by atoms with van der Waals surface area (Å²) in [5.41, 5.74) is 1.87. The number of nitrogens with one attached hydrogen (secondary N) is 1. The molecule has 0 aliphatic heterocycles. The molecule has 0 aliphatic rings. The molecule has 0 amide bonds. The van der Waals surface area contributed by atoms with Crippen LogP contribution >= 0.6 is 23.4 Å². The van der Waals surface area contributed by atoms with Gasteiger partial charge >= 0.3 is 0 Å². The third-order valence-electron chi connectivity index (χ3n) is 1.56. The summed E-state index contributed by atoms with van der Waals surface area (Å²) in [6.07, 6.45) is 3.66. The van der Waals surface area contributed by atoms with Crippen molar-refractivity contribution in [3.05, 3.63) is 29.5 Å². The maximum atomic E-state index is 5.79. The Morgan fingerprint density at radius 1 is 1.50 bits per heavy atom. The zero-order valence-electron chi connectivity index (χ0n) is 6.17. The second-order valence-electron chi connectivity index (χ2n) is 2.35. The minimum absolute atomic E-state index is 0.703. The SMILES string of the molecule is [CH2]Sc1nc2cc(Cl)ccc2[nH]1. The normalized spacial score (nSPS) is 10.8. The van der Waals surface area contributed by atoms with Crippen LogP contribution in [0.4, 0.5) is 0 Å². The monoisotopic (exact) mass is 197 g/mol. The molecule has 1 aromatic heterocycles. The predicted molar refractivity (Wildman–Crippen MR) is 52.3 cm³/mol. The molecule has 2 aromatic rings. The van der Waals surface area contributed by atoms with Crippen molar-refractivity contribution in [2.45, 2.75) is 5.16 Å². The highest BCUT2D eigenvalue weighted by atomic mass is 35.5. The van der Waals surface area contributed by atoms with Gasteiger partial charge in [-0.2, -0.15) is 0 Å². The van der Waals surface area contributed by atoms with E-state index in [0.717, 1.165) is 16.2 Å². The fourth-order valence-corrected chi connectivity index (χ4v) is 1.54. The van der Waals surface area contributed by atoms with Crippen molar-refractivity contribution < 1.29 is 0 Å². The number of benzene rings is 1. The maximum absolute atomic E-state index is 5.79. The van der Waals surface area contributed by atoms with E-state index >= 15 is 0 Å². The highest BCUT2D eigenvalue weighted by Crippen LogP contribution is 2.20.